The molecule has 3 atom stereocenters. The van der Waals surface area contributed by atoms with Crippen molar-refractivity contribution in [3.63, 3.8) is 0 Å². The van der Waals surface area contributed by atoms with Gasteiger partial charge in [0.1, 0.15) is 12.1 Å². The molecule has 1 aromatic heterocycles. The standard InChI is InChI=1S/C16H19N3O3/c1-9(20)14-16(22)19(2)13(15(21)18-14)7-10-8-17-12-6-4-3-5-11(10)12/h3-6,8-9,13-14,17,20H,7H2,1-2H3,(H,18,21)/t9?,13-,14?/m0/s1. The fourth-order valence-corrected chi connectivity index (χ4v) is 2.93. The fraction of sp³-hybridized carbons (Fsp3) is 0.375. The maximum atomic E-state index is 12.3. The van der Waals surface area contributed by atoms with Crippen molar-refractivity contribution in [1.29, 1.82) is 0 Å². The van der Waals surface area contributed by atoms with Crippen molar-refractivity contribution in [2.75, 3.05) is 7.05 Å². The number of rotatable bonds is 3. The zero-order chi connectivity index (χ0) is 15.9. The summed E-state index contributed by atoms with van der Waals surface area (Å²) in [7, 11) is 1.61. The van der Waals surface area contributed by atoms with E-state index in [4.69, 9.17) is 0 Å². The lowest BCUT2D eigenvalue weighted by atomic mass is 9.98. The maximum absolute atomic E-state index is 12.3. The first-order valence-electron chi connectivity index (χ1n) is 7.29. The van der Waals surface area contributed by atoms with Crippen LogP contribution in [-0.2, 0) is 16.0 Å². The molecule has 3 rings (SSSR count). The SMILES string of the molecule is CC(O)C1NC(=O)[C@H](Cc2c[nH]c3ccccc23)N(C)C1=O. The Morgan fingerprint density at radius 3 is 2.77 bits per heavy atom. The molecule has 1 fully saturated rings. The summed E-state index contributed by atoms with van der Waals surface area (Å²) in [5.74, 6) is -0.502. The first-order chi connectivity index (χ1) is 10.5. The van der Waals surface area contributed by atoms with Crippen LogP contribution in [0, 0.1) is 0 Å². The molecule has 0 aliphatic carbocycles. The van der Waals surface area contributed by atoms with Crippen LogP contribution >= 0.6 is 0 Å². The topological polar surface area (TPSA) is 85.4 Å². The van der Waals surface area contributed by atoms with E-state index in [0.717, 1.165) is 16.5 Å². The Bertz CT molecular complexity index is 722. The van der Waals surface area contributed by atoms with Crippen molar-refractivity contribution in [2.24, 2.45) is 0 Å². The highest BCUT2D eigenvalue weighted by molar-refractivity contribution is 5.97. The largest absolute Gasteiger partial charge is 0.391 e. The van der Waals surface area contributed by atoms with Crippen LogP contribution < -0.4 is 5.32 Å². The summed E-state index contributed by atoms with van der Waals surface area (Å²) in [5.41, 5.74) is 2.00. The quantitative estimate of drug-likeness (QED) is 0.768. The molecule has 3 N–H and O–H groups in total. The minimum Gasteiger partial charge on any atom is -0.391 e. The van der Waals surface area contributed by atoms with Crippen molar-refractivity contribution >= 4 is 22.7 Å². The number of carbonyl (C=O) groups excluding carboxylic acids is 2. The summed E-state index contributed by atoms with van der Waals surface area (Å²) >= 11 is 0. The number of likely N-dealkylation sites (N-methyl/N-ethyl adjacent to an activating group) is 1. The Morgan fingerprint density at radius 2 is 2.05 bits per heavy atom. The third-order valence-electron chi connectivity index (χ3n) is 4.25. The highest BCUT2D eigenvalue weighted by Gasteiger charge is 2.40. The number of hydrogen-bond acceptors (Lipinski definition) is 3. The third-order valence-corrected chi connectivity index (χ3v) is 4.25. The highest BCUT2D eigenvalue weighted by Crippen LogP contribution is 2.22. The molecule has 0 saturated carbocycles. The number of para-hydroxylation sites is 1. The van der Waals surface area contributed by atoms with Crippen LogP contribution in [-0.4, -0.2) is 52.0 Å². The summed E-state index contributed by atoms with van der Waals surface area (Å²) in [4.78, 5) is 29.2. The number of aromatic amines is 1. The molecule has 6 heteroatoms. The Morgan fingerprint density at radius 1 is 1.32 bits per heavy atom. The Labute approximate surface area is 128 Å². The highest BCUT2D eigenvalue weighted by atomic mass is 16.3. The van der Waals surface area contributed by atoms with E-state index in [1.165, 1.54) is 11.8 Å². The number of benzene rings is 1. The molecule has 2 unspecified atom stereocenters. The van der Waals surface area contributed by atoms with Gasteiger partial charge < -0.3 is 20.3 Å². The lowest BCUT2D eigenvalue weighted by molar-refractivity contribution is -0.150. The predicted octanol–water partition coefficient (Wildman–Crippen LogP) is 0.417. The van der Waals surface area contributed by atoms with Crippen LogP contribution in [0.2, 0.25) is 0 Å². The van der Waals surface area contributed by atoms with Crippen molar-refractivity contribution in [3.05, 3.63) is 36.0 Å². The summed E-state index contributed by atoms with van der Waals surface area (Å²) in [6, 6.07) is 6.41. The summed E-state index contributed by atoms with van der Waals surface area (Å²) in [5, 5.41) is 13.3. The first kappa shape index (κ1) is 14.6. The molecule has 0 radical (unpaired) electrons. The number of fused-ring (bicyclic) bond motifs is 1. The van der Waals surface area contributed by atoms with Gasteiger partial charge in [-0.05, 0) is 18.6 Å². The normalized spacial score (nSPS) is 23.7. The fourth-order valence-electron chi connectivity index (χ4n) is 2.93. The van der Waals surface area contributed by atoms with Gasteiger partial charge in [0.2, 0.25) is 11.8 Å². The van der Waals surface area contributed by atoms with Gasteiger partial charge in [-0.3, -0.25) is 9.59 Å². The van der Waals surface area contributed by atoms with Crippen LogP contribution in [0.25, 0.3) is 10.9 Å². The number of carbonyl (C=O) groups is 2. The lowest BCUT2D eigenvalue weighted by Gasteiger charge is -2.37. The molecule has 2 heterocycles. The second kappa shape index (κ2) is 5.46. The molecular formula is C16H19N3O3. The molecule has 0 bridgehead atoms. The number of hydrogen-bond donors (Lipinski definition) is 3. The van der Waals surface area contributed by atoms with Crippen LogP contribution in [0.1, 0.15) is 12.5 Å². The number of piperazine rings is 1. The van der Waals surface area contributed by atoms with E-state index in [-0.39, 0.29) is 11.8 Å². The zero-order valence-electron chi connectivity index (χ0n) is 12.5. The van der Waals surface area contributed by atoms with E-state index in [0.29, 0.717) is 6.42 Å². The Kier molecular flexibility index (Phi) is 3.62. The van der Waals surface area contributed by atoms with Crippen molar-refractivity contribution in [1.82, 2.24) is 15.2 Å². The van der Waals surface area contributed by atoms with E-state index in [1.54, 1.807) is 7.05 Å². The number of aromatic nitrogens is 1. The van der Waals surface area contributed by atoms with Crippen LogP contribution in [0.15, 0.2) is 30.5 Å². The number of aliphatic hydroxyl groups is 1. The molecule has 1 saturated heterocycles. The minimum absolute atomic E-state index is 0.238. The van der Waals surface area contributed by atoms with E-state index in [9.17, 15) is 14.7 Å². The van der Waals surface area contributed by atoms with Crippen LogP contribution in [0.4, 0.5) is 0 Å². The number of amides is 2. The second-order valence-corrected chi connectivity index (χ2v) is 5.76. The van der Waals surface area contributed by atoms with E-state index >= 15 is 0 Å². The monoisotopic (exact) mass is 301 g/mol. The molecule has 1 aliphatic rings. The molecular weight excluding hydrogens is 282 g/mol. The second-order valence-electron chi connectivity index (χ2n) is 5.76. The zero-order valence-corrected chi connectivity index (χ0v) is 12.5. The van der Waals surface area contributed by atoms with Crippen LogP contribution in [0.5, 0.6) is 0 Å². The minimum atomic E-state index is -0.909. The number of H-pyrrole nitrogens is 1. The van der Waals surface area contributed by atoms with Crippen molar-refractivity contribution in [3.8, 4) is 0 Å². The molecule has 2 amide bonds. The molecule has 22 heavy (non-hydrogen) atoms. The van der Waals surface area contributed by atoms with E-state index in [2.05, 4.69) is 10.3 Å². The molecule has 0 spiro atoms. The molecule has 2 aromatic rings. The number of aliphatic hydroxyl groups excluding tert-OH is 1. The van der Waals surface area contributed by atoms with Crippen molar-refractivity contribution in [2.45, 2.75) is 31.5 Å². The summed E-state index contributed by atoms with van der Waals surface area (Å²) in [6.45, 7) is 1.50. The lowest BCUT2D eigenvalue weighted by Crippen LogP contribution is -2.65. The van der Waals surface area contributed by atoms with Gasteiger partial charge in [-0.2, -0.15) is 0 Å². The number of nitrogens with zero attached hydrogens (tertiary/aromatic N) is 1. The Balaban J connectivity index is 1.86. The molecule has 116 valence electrons. The van der Waals surface area contributed by atoms with E-state index < -0.39 is 18.2 Å². The summed E-state index contributed by atoms with van der Waals surface area (Å²) < 4.78 is 0. The van der Waals surface area contributed by atoms with Crippen molar-refractivity contribution < 1.29 is 14.7 Å². The molecule has 1 aromatic carbocycles. The van der Waals surface area contributed by atoms with Gasteiger partial charge >= 0.3 is 0 Å². The number of nitrogens with one attached hydrogen (secondary N) is 2. The van der Waals surface area contributed by atoms with Gasteiger partial charge in [-0.15, -0.1) is 0 Å². The van der Waals surface area contributed by atoms with Gasteiger partial charge in [0.15, 0.2) is 0 Å². The van der Waals surface area contributed by atoms with Gasteiger partial charge in [-0.1, -0.05) is 18.2 Å². The van der Waals surface area contributed by atoms with Gasteiger partial charge in [0.05, 0.1) is 6.10 Å². The smallest absolute Gasteiger partial charge is 0.248 e. The molecule has 1 aliphatic heterocycles. The maximum Gasteiger partial charge on any atom is 0.248 e. The molecule has 6 nitrogen and oxygen atoms in total. The third kappa shape index (κ3) is 2.35. The predicted molar refractivity (Wildman–Crippen MR) is 82.2 cm³/mol. The van der Waals surface area contributed by atoms with Gasteiger partial charge in [0.25, 0.3) is 0 Å². The first-order valence-corrected chi connectivity index (χ1v) is 7.29. The van der Waals surface area contributed by atoms with Gasteiger partial charge in [-0.25, -0.2) is 0 Å². The van der Waals surface area contributed by atoms with Crippen LogP contribution in [0.3, 0.4) is 0 Å². The summed E-state index contributed by atoms with van der Waals surface area (Å²) in [6.07, 6.45) is 1.40. The van der Waals surface area contributed by atoms with E-state index in [1.807, 2.05) is 30.5 Å². The average Bonchev–Trinajstić information content (AvgIpc) is 2.90. The average molecular weight is 301 g/mol. The van der Waals surface area contributed by atoms with Gasteiger partial charge in [0, 0.05) is 30.6 Å². The Hall–Kier alpha value is -2.34.